The molecule has 6 nitrogen and oxygen atoms in total. The second kappa shape index (κ2) is 8.03. The zero-order valence-electron chi connectivity index (χ0n) is 15.6. The Morgan fingerprint density at radius 3 is 2.15 bits per heavy atom. The Kier molecular flexibility index (Phi) is 5.14. The van der Waals surface area contributed by atoms with Crippen molar-refractivity contribution >= 4 is 23.1 Å². The second-order valence-electron chi connectivity index (χ2n) is 6.50. The highest BCUT2D eigenvalue weighted by atomic mass is 15.4. The van der Waals surface area contributed by atoms with Crippen LogP contribution in [0.2, 0.25) is 0 Å². The number of rotatable bonds is 5. The Morgan fingerprint density at radius 1 is 0.852 bits per heavy atom. The summed E-state index contributed by atoms with van der Waals surface area (Å²) in [7, 11) is 0. The molecular weight excluding hydrogens is 336 g/mol. The van der Waals surface area contributed by atoms with Gasteiger partial charge in [-0.15, -0.1) is 5.10 Å². The van der Waals surface area contributed by atoms with Crippen molar-refractivity contribution in [2.24, 2.45) is 0 Å². The largest absolute Gasteiger partial charge is 0.368 e. The molecule has 1 aliphatic heterocycles. The maximum atomic E-state index is 4.80. The monoisotopic (exact) mass is 360 g/mol. The number of nitrogens with zero attached hydrogens (tertiary/aromatic N) is 6. The maximum Gasteiger partial charge on any atom is 0.247 e. The predicted molar refractivity (Wildman–Crippen MR) is 110 cm³/mol. The van der Waals surface area contributed by atoms with E-state index in [1.807, 2.05) is 18.2 Å². The molecule has 1 saturated heterocycles. The van der Waals surface area contributed by atoms with E-state index in [9.17, 15) is 0 Å². The molecule has 4 rings (SSSR count). The van der Waals surface area contributed by atoms with Gasteiger partial charge in [-0.2, -0.15) is 10.1 Å². The summed E-state index contributed by atoms with van der Waals surface area (Å²) in [5.41, 5.74) is 2.38. The van der Waals surface area contributed by atoms with Gasteiger partial charge in [0.15, 0.2) is 5.82 Å². The molecule has 0 radical (unpaired) electrons. The zero-order valence-corrected chi connectivity index (χ0v) is 15.6. The molecule has 1 aromatic heterocycles. The van der Waals surface area contributed by atoms with Crippen molar-refractivity contribution in [3.63, 3.8) is 0 Å². The van der Waals surface area contributed by atoms with Gasteiger partial charge in [0, 0.05) is 44.1 Å². The van der Waals surface area contributed by atoms with Crippen LogP contribution >= 0.6 is 0 Å². The van der Waals surface area contributed by atoms with Crippen LogP contribution in [0.5, 0.6) is 0 Å². The lowest BCUT2D eigenvalue weighted by Gasteiger charge is -2.36. The van der Waals surface area contributed by atoms with Gasteiger partial charge in [-0.1, -0.05) is 36.4 Å². The van der Waals surface area contributed by atoms with E-state index in [1.165, 1.54) is 5.69 Å². The van der Waals surface area contributed by atoms with Gasteiger partial charge in [-0.05, 0) is 31.2 Å². The standard InChI is InChI=1S/C21H24N6/c1-2-27(19-11-7-4-8-12-19)20-17-22-24-21(23-20)26-15-13-25(14-16-26)18-9-5-3-6-10-18/h3-12,17H,2,13-16H2,1H3. The second-order valence-corrected chi connectivity index (χ2v) is 6.50. The van der Waals surface area contributed by atoms with E-state index in [4.69, 9.17) is 4.98 Å². The number of piperazine rings is 1. The van der Waals surface area contributed by atoms with Gasteiger partial charge in [0.25, 0.3) is 0 Å². The quantitative estimate of drug-likeness (QED) is 0.695. The SMILES string of the molecule is CCN(c1ccccc1)c1cnnc(N2CCN(c3ccccc3)CC2)n1. The smallest absolute Gasteiger partial charge is 0.247 e. The number of aromatic nitrogens is 3. The fraction of sp³-hybridized carbons (Fsp3) is 0.286. The van der Waals surface area contributed by atoms with Gasteiger partial charge < -0.3 is 14.7 Å². The summed E-state index contributed by atoms with van der Waals surface area (Å²) in [6.07, 6.45) is 1.74. The van der Waals surface area contributed by atoms with E-state index in [-0.39, 0.29) is 0 Å². The first-order valence-corrected chi connectivity index (χ1v) is 9.42. The van der Waals surface area contributed by atoms with E-state index in [0.717, 1.165) is 44.2 Å². The minimum atomic E-state index is 0.703. The first-order valence-electron chi connectivity index (χ1n) is 9.42. The normalized spacial score (nSPS) is 14.3. The highest BCUT2D eigenvalue weighted by Crippen LogP contribution is 2.24. The maximum absolute atomic E-state index is 4.80. The predicted octanol–water partition coefficient (Wildman–Crippen LogP) is 3.36. The summed E-state index contributed by atoms with van der Waals surface area (Å²) in [5.74, 6) is 1.54. The highest BCUT2D eigenvalue weighted by molar-refractivity contribution is 5.60. The molecule has 0 spiro atoms. The summed E-state index contributed by atoms with van der Waals surface area (Å²) in [4.78, 5) is 11.6. The molecule has 138 valence electrons. The average Bonchev–Trinajstić information content (AvgIpc) is 2.76. The first-order chi connectivity index (χ1) is 13.3. The van der Waals surface area contributed by atoms with E-state index < -0.39 is 0 Å². The van der Waals surface area contributed by atoms with Crippen molar-refractivity contribution in [3.05, 3.63) is 66.9 Å². The number of para-hydroxylation sites is 2. The fourth-order valence-electron chi connectivity index (χ4n) is 3.44. The number of benzene rings is 2. The van der Waals surface area contributed by atoms with Gasteiger partial charge >= 0.3 is 0 Å². The summed E-state index contributed by atoms with van der Waals surface area (Å²) in [6.45, 7) is 6.62. The Balaban J connectivity index is 1.48. The van der Waals surface area contributed by atoms with Crippen molar-refractivity contribution in [3.8, 4) is 0 Å². The van der Waals surface area contributed by atoms with Crippen LogP contribution in [0, 0.1) is 0 Å². The average molecular weight is 360 g/mol. The summed E-state index contributed by atoms with van der Waals surface area (Å²) in [5, 5.41) is 8.51. The van der Waals surface area contributed by atoms with Crippen molar-refractivity contribution < 1.29 is 0 Å². The topological polar surface area (TPSA) is 48.4 Å². The molecule has 6 heteroatoms. The molecular formula is C21H24N6. The van der Waals surface area contributed by atoms with Crippen LogP contribution in [0.1, 0.15) is 6.92 Å². The van der Waals surface area contributed by atoms with E-state index >= 15 is 0 Å². The van der Waals surface area contributed by atoms with Crippen LogP contribution in [0.15, 0.2) is 66.9 Å². The van der Waals surface area contributed by atoms with E-state index in [2.05, 4.69) is 74.3 Å². The Labute approximate surface area is 160 Å². The fourth-order valence-corrected chi connectivity index (χ4v) is 3.44. The summed E-state index contributed by atoms with van der Waals surface area (Å²) < 4.78 is 0. The molecule has 0 bridgehead atoms. The first kappa shape index (κ1) is 17.3. The van der Waals surface area contributed by atoms with Crippen molar-refractivity contribution in [1.29, 1.82) is 0 Å². The molecule has 2 aromatic carbocycles. The molecule has 27 heavy (non-hydrogen) atoms. The van der Waals surface area contributed by atoms with Gasteiger partial charge in [0.1, 0.15) is 0 Å². The van der Waals surface area contributed by atoms with Crippen molar-refractivity contribution in [2.45, 2.75) is 6.92 Å². The summed E-state index contributed by atoms with van der Waals surface area (Å²) >= 11 is 0. The molecule has 0 N–H and O–H groups in total. The minimum Gasteiger partial charge on any atom is -0.368 e. The summed E-state index contributed by atoms with van der Waals surface area (Å²) in [6, 6.07) is 20.8. The Hall–Kier alpha value is -3.15. The van der Waals surface area contributed by atoms with E-state index in [0.29, 0.717) is 5.95 Å². The third-order valence-corrected chi connectivity index (χ3v) is 4.88. The molecule has 2 heterocycles. The van der Waals surface area contributed by atoms with Crippen LogP contribution in [0.3, 0.4) is 0 Å². The number of anilines is 4. The lowest BCUT2D eigenvalue weighted by molar-refractivity contribution is 0.634. The molecule has 0 aliphatic carbocycles. The van der Waals surface area contributed by atoms with Crippen LogP contribution in [-0.4, -0.2) is 47.9 Å². The van der Waals surface area contributed by atoms with Gasteiger partial charge in [0.2, 0.25) is 5.95 Å². The number of hydrogen-bond donors (Lipinski definition) is 0. The van der Waals surface area contributed by atoms with Crippen LogP contribution in [0.25, 0.3) is 0 Å². The van der Waals surface area contributed by atoms with Crippen molar-refractivity contribution in [2.75, 3.05) is 47.4 Å². The Morgan fingerprint density at radius 2 is 1.48 bits per heavy atom. The lowest BCUT2D eigenvalue weighted by atomic mass is 10.2. The molecule has 1 aliphatic rings. The van der Waals surface area contributed by atoms with Gasteiger partial charge in [0.05, 0.1) is 6.20 Å². The zero-order chi connectivity index (χ0) is 18.5. The molecule has 0 amide bonds. The third kappa shape index (κ3) is 3.84. The minimum absolute atomic E-state index is 0.703. The lowest BCUT2D eigenvalue weighted by Crippen LogP contribution is -2.47. The van der Waals surface area contributed by atoms with Gasteiger partial charge in [-0.25, -0.2) is 0 Å². The Bertz CT molecular complexity index is 847. The van der Waals surface area contributed by atoms with E-state index in [1.54, 1.807) is 6.20 Å². The van der Waals surface area contributed by atoms with Crippen LogP contribution in [0.4, 0.5) is 23.1 Å². The molecule has 0 atom stereocenters. The van der Waals surface area contributed by atoms with Crippen LogP contribution < -0.4 is 14.7 Å². The van der Waals surface area contributed by atoms with Gasteiger partial charge in [-0.3, -0.25) is 0 Å². The highest BCUT2D eigenvalue weighted by Gasteiger charge is 2.20. The molecule has 3 aromatic rings. The molecule has 0 saturated carbocycles. The van der Waals surface area contributed by atoms with Crippen molar-refractivity contribution in [1.82, 2.24) is 15.2 Å². The third-order valence-electron chi connectivity index (χ3n) is 4.88. The molecule has 1 fully saturated rings. The van der Waals surface area contributed by atoms with Crippen LogP contribution in [-0.2, 0) is 0 Å². The molecule has 0 unspecified atom stereocenters. The number of hydrogen-bond acceptors (Lipinski definition) is 6.